The summed E-state index contributed by atoms with van der Waals surface area (Å²) in [4.78, 5) is 12.0. The third kappa shape index (κ3) is 3.64. The van der Waals surface area contributed by atoms with E-state index in [1.807, 2.05) is 24.5 Å². The average Bonchev–Trinajstić information content (AvgIpc) is 2.90. The Hall–Kier alpha value is -3.41. The van der Waals surface area contributed by atoms with Gasteiger partial charge in [-0.2, -0.15) is 5.10 Å². The minimum Gasteiger partial charge on any atom is -0.508 e. The second kappa shape index (κ2) is 7.23. The average molecular weight is 351 g/mol. The molecule has 1 aromatic heterocycles. The zero-order chi connectivity index (χ0) is 18.7. The molecule has 2 N–H and O–H groups in total. The number of hydrazone groups is 1. The Morgan fingerprint density at radius 1 is 1.12 bits per heavy atom. The number of amides is 1. The van der Waals surface area contributed by atoms with Crippen LogP contribution in [-0.4, -0.2) is 21.8 Å². The summed E-state index contributed by atoms with van der Waals surface area (Å²) in [5.74, 6) is -0.554. The maximum absolute atomic E-state index is 13.1. The van der Waals surface area contributed by atoms with Crippen molar-refractivity contribution in [3.8, 4) is 11.4 Å². The van der Waals surface area contributed by atoms with Crippen molar-refractivity contribution >= 4 is 12.1 Å². The van der Waals surface area contributed by atoms with Gasteiger partial charge in [-0.05, 0) is 68.4 Å². The van der Waals surface area contributed by atoms with Crippen LogP contribution in [-0.2, 0) is 0 Å². The molecule has 0 spiro atoms. The monoisotopic (exact) mass is 351 g/mol. The van der Waals surface area contributed by atoms with E-state index in [4.69, 9.17) is 0 Å². The topological polar surface area (TPSA) is 66.6 Å². The first-order valence-corrected chi connectivity index (χ1v) is 8.03. The van der Waals surface area contributed by atoms with Gasteiger partial charge in [-0.1, -0.05) is 0 Å². The summed E-state index contributed by atoms with van der Waals surface area (Å²) in [7, 11) is 0. The summed E-state index contributed by atoms with van der Waals surface area (Å²) in [6, 6.07) is 14.1. The van der Waals surface area contributed by atoms with Gasteiger partial charge in [0, 0.05) is 28.2 Å². The van der Waals surface area contributed by atoms with Gasteiger partial charge in [0.25, 0.3) is 5.91 Å². The van der Waals surface area contributed by atoms with E-state index in [-0.39, 0.29) is 17.5 Å². The summed E-state index contributed by atoms with van der Waals surface area (Å²) in [6.07, 6.45) is 1.57. The van der Waals surface area contributed by atoms with Crippen molar-refractivity contribution in [3.05, 3.63) is 82.9 Å². The normalized spacial score (nSPS) is 11.0. The molecule has 132 valence electrons. The molecule has 0 fully saturated rings. The fourth-order valence-electron chi connectivity index (χ4n) is 2.74. The van der Waals surface area contributed by atoms with E-state index in [1.165, 1.54) is 36.4 Å². The predicted octanol–water partition coefficient (Wildman–Crippen LogP) is 3.70. The lowest BCUT2D eigenvalue weighted by molar-refractivity contribution is 0.0955. The highest BCUT2D eigenvalue weighted by Gasteiger charge is 2.10. The molecule has 0 atom stereocenters. The number of carbonyl (C=O) groups is 1. The number of aryl methyl sites for hydroxylation is 1. The molecule has 1 amide bonds. The van der Waals surface area contributed by atoms with Crippen molar-refractivity contribution in [1.29, 1.82) is 0 Å². The molecule has 0 bridgehead atoms. The number of phenolic OH excluding ortho intramolecular Hbond substituents is 1. The molecule has 6 heteroatoms. The van der Waals surface area contributed by atoms with Crippen LogP contribution in [0, 0.1) is 19.7 Å². The number of benzene rings is 2. The van der Waals surface area contributed by atoms with E-state index in [9.17, 15) is 14.3 Å². The molecule has 0 unspecified atom stereocenters. The molecule has 3 aromatic rings. The highest BCUT2D eigenvalue weighted by atomic mass is 19.1. The quantitative estimate of drug-likeness (QED) is 0.556. The smallest absolute Gasteiger partial charge is 0.271 e. The third-order valence-electron chi connectivity index (χ3n) is 4.05. The molecular weight excluding hydrogens is 333 g/mol. The number of carbonyl (C=O) groups excluding carboxylic acids is 1. The van der Waals surface area contributed by atoms with E-state index in [0.717, 1.165) is 22.6 Å². The summed E-state index contributed by atoms with van der Waals surface area (Å²) in [5.41, 5.74) is 6.46. The molecule has 0 aliphatic rings. The summed E-state index contributed by atoms with van der Waals surface area (Å²) >= 11 is 0. The lowest BCUT2D eigenvalue weighted by atomic mass is 10.2. The van der Waals surface area contributed by atoms with Crippen molar-refractivity contribution in [2.75, 3.05) is 0 Å². The number of hydrogen-bond acceptors (Lipinski definition) is 3. The van der Waals surface area contributed by atoms with Crippen molar-refractivity contribution in [3.63, 3.8) is 0 Å². The molecule has 0 radical (unpaired) electrons. The number of phenols is 1. The zero-order valence-corrected chi connectivity index (χ0v) is 14.4. The number of nitrogens with one attached hydrogen (secondary N) is 1. The van der Waals surface area contributed by atoms with E-state index >= 15 is 0 Å². The van der Waals surface area contributed by atoms with Crippen LogP contribution in [0.2, 0.25) is 0 Å². The van der Waals surface area contributed by atoms with Crippen molar-refractivity contribution in [2.24, 2.45) is 5.10 Å². The van der Waals surface area contributed by atoms with Gasteiger partial charge in [0.15, 0.2) is 0 Å². The van der Waals surface area contributed by atoms with Gasteiger partial charge in [0.05, 0.1) is 6.21 Å². The Morgan fingerprint density at radius 3 is 2.42 bits per heavy atom. The van der Waals surface area contributed by atoms with Gasteiger partial charge >= 0.3 is 0 Å². The first-order chi connectivity index (χ1) is 12.5. The van der Waals surface area contributed by atoms with Crippen LogP contribution in [0.1, 0.15) is 27.3 Å². The van der Waals surface area contributed by atoms with Crippen LogP contribution >= 0.6 is 0 Å². The van der Waals surface area contributed by atoms with Gasteiger partial charge in [-0.25, -0.2) is 9.82 Å². The number of aromatic hydroxyl groups is 1. The first kappa shape index (κ1) is 17.4. The molecule has 3 rings (SSSR count). The number of nitrogens with zero attached hydrogens (tertiary/aromatic N) is 2. The molecule has 2 aromatic carbocycles. The van der Waals surface area contributed by atoms with Crippen molar-refractivity contribution in [1.82, 2.24) is 9.99 Å². The first-order valence-electron chi connectivity index (χ1n) is 8.03. The lowest BCUT2D eigenvalue weighted by Gasteiger charge is -2.09. The minimum atomic E-state index is -0.367. The molecule has 0 aliphatic heterocycles. The highest BCUT2D eigenvalue weighted by Crippen LogP contribution is 2.20. The summed E-state index contributed by atoms with van der Waals surface area (Å²) in [6.45, 7) is 3.88. The number of hydrogen-bond donors (Lipinski definition) is 2. The molecule has 0 aliphatic carbocycles. The number of halogens is 1. The lowest BCUT2D eigenvalue weighted by Crippen LogP contribution is -2.17. The Morgan fingerprint density at radius 2 is 1.77 bits per heavy atom. The van der Waals surface area contributed by atoms with Gasteiger partial charge < -0.3 is 9.67 Å². The van der Waals surface area contributed by atoms with Crippen LogP contribution < -0.4 is 5.43 Å². The fraction of sp³-hybridized carbons (Fsp3) is 0.100. The Balaban J connectivity index is 1.77. The van der Waals surface area contributed by atoms with E-state index in [0.29, 0.717) is 5.56 Å². The second-order valence-electron chi connectivity index (χ2n) is 5.88. The maximum atomic E-state index is 13.1. The van der Waals surface area contributed by atoms with Crippen molar-refractivity contribution < 1.29 is 14.3 Å². The van der Waals surface area contributed by atoms with Gasteiger partial charge in [-0.15, -0.1) is 0 Å². The molecular formula is C20H18FN3O2. The van der Waals surface area contributed by atoms with E-state index in [2.05, 4.69) is 10.5 Å². The van der Waals surface area contributed by atoms with E-state index < -0.39 is 0 Å². The Bertz CT molecular complexity index is 958. The molecule has 5 nitrogen and oxygen atoms in total. The third-order valence-corrected chi connectivity index (χ3v) is 4.05. The van der Waals surface area contributed by atoms with E-state index in [1.54, 1.807) is 18.3 Å². The van der Waals surface area contributed by atoms with Crippen molar-refractivity contribution in [2.45, 2.75) is 13.8 Å². The minimum absolute atomic E-state index is 0.0956. The standard InChI is InChI=1S/C20H18FN3O2/c1-13-11-16(14(2)24(13)18-7-5-17(21)6-8-18)12-22-23-20(26)15-3-9-19(25)10-4-15/h3-12,25H,1-2H3,(H,23,26)/b22-12+. The SMILES string of the molecule is Cc1cc(/C=N/NC(=O)c2ccc(O)cc2)c(C)n1-c1ccc(F)cc1. The summed E-state index contributed by atoms with van der Waals surface area (Å²) < 4.78 is 15.1. The zero-order valence-electron chi connectivity index (χ0n) is 14.4. The van der Waals surface area contributed by atoms with Gasteiger partial charge in [0.1, 0.15) is 11.6 Å². The number of aromatic nitrogens is 1. The molecule has 1 heterocycles. The van der Waals surface area contributed by atoms with Crippen LogP contribution in [0.25, 0.3) is 5.69 Å². The Labute approximate surface area is 150 Å². The molecule has 0 saturated carbocycles. The van der Waals surface area contributed by atoms with Crippen LogP contribution in [0.15, 0.2) is 59.7 Å². The highest BCUT2D eigenvalue weighted by molar-refractivity contribution is 5.95. The maximum Gasteiger partial charge on any atom is 0.271 e. The largest absolute Gasteiger partial charge is 0.508 e. The summed E-state index contributed by atoms with van der Waals surface area (Å²) in [5, 5.41) is 13.2. The predicted molar refractivity (Wildman–Crippen MR) is 98.4 cm³/mol. The van der Waals surface area contributed by atoms with Crippen LogP contribution in [0.5, 0.6) is 5.75 Å². The number of rotatable bonds is 4. The van der Waals surface area contributed by atoms with Crippen LogP contribution in [0.4, 0.5) is 4.39 Å². The molecule has 26 heavy (non-hydrogen) atoms. The fourth-order valence-corrected chi connectivity index (χ4v) is 2.74. The van der Waals surface area contributed by atoms with Gasteiger partial charge in [0.2, 0.25) is 0 Å². The Kier molecular flexibility index (Phi) is 4.84. The molecule has 0 saturated heterocycles. The van der Waals surface area contributed by atoms with Crippen LogP contribution in [0.3, 0.4) is 0 Å². The second-order valence-corrected chi connectivity index (χ2v) is 5.88. The van der Waals surface area contributed by atoms with Gasteiger partial charge in [-0.3, -0.25) is 4.79 Å².